The molecule has 0 aliphatic heterocycles. The van der Waals surface area contributed by atoms with Gasteiger partial charge in [0.1, 0.15) is 5.82 Å². The molecule has 28 heavy (non-hydrogen) atoms. The van der Waals surface area contributed by atoms with E-state index in [1.54, 1.807) is 0 Å². The summed E-state index contributed by atoms with van der Waals surface area (Å²) in [4.78, 5) is 20.8. The average Bonchev–Trinajstić information content (AvgIpc) is 3.36. The minimum Gasteiger partial charge on any atom is -0.379 e. The molecule has 8 nitrogen and oxygen atoms in total. The van der Waals surface area contributed by atoms with Crippen molar-refractivity contribution in [1.29, 1.82) is 0 Å². The first-order valence-corrected chi connectivity index (χ1v) is 9.50. The van der Waals surface area contributed by atoms with E-state index in [9.17, 15) is 9.18 Å². The highest BCUT2D eigenvalue weighted by Crippen LogP contribution is 2.30. The van der Waals surface area contributed by atoms with Crippen LogP contribution in [-0.4, -0.2) is 37.6 Å². The highest BCUT2D eigenvalue weighted by molar-refractivity contribution is 6.03. The van der Waals surface area contributed by atoms with E-state index in [0.29, 0.717) is 23.5 Å². The molecule has 2 aliphatic carbocycles. The smallest absolute Gasteiger partial charge is 0.276 e. The van der Waals surface area contributed by atoms with Gasteiger partial charge in [-0.1, -0.05) is 0 Å². The Balaban J connectivity index is 1.50. The number of hydrogen-bond donors (Lipinski definition) is 3. The molecule has 3 aromatic rings. The summed E-state index contributed by atoms with van der Waals surface area (Å²) in [6.45, 7) is 0. The summed E-state index contributed by atoms with van der Waals surface area (Å²) in [5, 5.41) is 14.0. The van der Waals surface area contributed by atoms with Crippen LogP contribution in [0.2, 0.25) is 0 Å². The number of carbonyl (C=O) groups excluding carboxylic acids is 1. The first kappa shape index (κ1) is 16.9. The fourth-order valence-electron chi connectivity index (χ4n) is 3.17. The van der Waals surface area contributed by atoms with E-state index in [-0.39, 0.29) is 11.4 Å². The predicted molar refractivity (Wildman–Crippen MR) is 103 cm³/mol. The number of anilines is 3. The molecule has 2 fully saturated rings. The monoisotopic (exact) mass is 381 g/mol. The lowest BCUT2D eigenvalue weighted by Gasteiger charge is -2.27. The Labute approximate surface area is 160 Å². The van der Waals surface area contributed by atoms with Crippen molar-refractivity contribution in [3.8, 4) is 0 Å². The summed E-state index contributed by atoms with van der Waals surface area (Å²) >= 11 is 0. The fourth-order valence-corrected chi connectivity index (χ4v) is 3.17. The van der Waals surface area contributed by atoms with Gasteiger partial charge >= 0.3 is 0 Å². The van der Waals surface area contributed by atoms with E-state index in [0.717, 1.165) is 37.6 Å². The molecule has 0 aromatic carbocycles. The van der Waals surface area contributed by atoms with Crippen LogP contribution in [0, 0.1) is 5.82 Å². The molecule has 9 heteroatoms. The van der Waals surface area contributed by atoms with Gasteiger partial charge in [-0.3, -0.25) is 9.78 Å². The Morgan fingerprint density at radius 3 is 2.64 bits per heavy atom. The van der Waals surface area contributed by atoms with Crippen molar-refractivity contribution in [2.75, 3.05) is 16.0 Å². The van der Waals surface area contributed by atoms with E-state index >= 15 is 0 Å². The molecule has 0 saturated heterocycles. The summed E-state index contributed by atoms with van der Waals surface area (Å²) in [6, 6.07) is 4.20. The van der Waals surface area contributed by atoms with E-state index in [4.69, 9.17) is 0 Å². The van der Waals surface area contributed by atoms with E-state index < -0.39 is 11.7 Å². The third kappa shape index (κ3) is 3.23. The number of rotatable bonds is 6. The normalized spacial score (nSPS) is 16.6. The molecule has 144 valence electrons. The molecule has 3 N–H and O–H groups in total. The Bertz CT molecular complexity index is 1040. The second-order valence-corrected chi connectivity index (χ2v) is 7.32. The Morgan fingerprint density at radius 2 is 1.93 bits per heavy atom. The number of hydrogen-bond acceptors (Lipinski definition) is 6. The third-order valence-corrected chi connectivity index (χ3v) is 5.12. The quantitative estimate of drug-likeness (QED) is 0.607. The summed E-state index contributed by atoms with van der Waals surface area (Å²) < 4.78 is 15.4. The first-order valence-electron chi connectivity index (χ1n) is 9.50. The maximum absolute atomic E-state index is 13.8. The van der Waals surface area contributed by atoms with Gasteiger partial charge in [-0.25, -0.2) is 13.9 Å². The van der Waals surface area contributed by atoms with E-state index in [1.165, 1.54) is 29.4 Å². The van der Waals surface area contributed by atoms with Gasteiger partial charge in [0, 0.05) is 24.3 Å². The first-order chi connectivity index (χ1) is 13.7. The lowest BCUT2D eigenvalue weighted by molar-refractivity contribution is 0.102. The number of imidazole rings is 1. The van der Waals surface area contributed by atoms with Crippen molar-refractivity contribution in [1.82, 2.24) is 19.6 Å². The molecule has 1 amide bonds. The number of carbonyl (C=O) groups is 1. The van der Waals surface area contributed by atoms with Crippen LogP contribution in [0.3, 0.4) is 0 Å². The number of nitrogens with one attached hydrogen (secondary N) is 3. The Hall–Kier alpha value is -3.23. The number of pyridine rings is 1. The second kappa shape index (κ2) is 6.74. The molecule has 3 heterocycles. The van der Waals surface area contributed by atoms with Crippen molar-refractivity contribution in [2.24, 2.45) is 0 Å². The summed E-state index contributed by atoms with van der Waals surface area (Å²) in [5.74, 6) is -0.383. The lowest BCUT2D eigenvalue weighted by Crippen LogP contribution is -2.28. The molecule has 3 aromatic heterocycles. The lowest BCUT2D eigenvalue weighted by atomic mass is 9.93. The summed E-state index contributed by atoms with van der Waals surface area (Å²) in [7, 11) is 0. The highest BCUT2D eigenvalue weighted by atomic mass is 19.1. The van der Waals surface area contributed by atoms with Crippen LogP contribution in [-0.2, 0) is 0 Å². The van der Waals surface area contributed by atoms with Crippen LogP contribution in [0.15, 0.2) is 30.7 Å². The Kier molecular flexibility index (Phi) is 4.07. The third-order valence-electron chi connectivity index (χ3n) is 5.12. The molecule has 2 aliphatic rings. The second-order valence-electron chi connectivity index (χ2n) is 7.32. The van der Waals surface area contributed by atoms with Gasteiger partial charge in [0.2, 0.25) is 0 Å². The van der Waals surface area contributed by atoms with Crippen LogP contribution in [0.1, 0.15) is 42.6 Å². The highest BCUT2D eigenvalue weighted by Gasteiger charge is 2.25. The minimum atomic E-state index is -0.596. The predicted octanol–water partition coefficient (Wildman–Crippen LogP) is 3.05. The molecule has 5 rings (SSSR count). The zero-order chi connectivity index (χ0) is 19.1. The number of nitrogens with zero attached hydrogens (tertiary/aromatic N) is 4. The molecule has 0 radical (unpaired) electrons. The SMILES string of the molecule is O=C(Nc1ccncc1F)c1cnc2c(NC3CC3)cc(NC3CCC3)nn12. The van der Waals surface area contributed by atoms with Crippen LogP contribution < -0.4 is 16.0 Å². The van der Waals surface area contributed by atoms with E-state index in [1.807, 2.05) is 6.07 Å². The van der Waals surface area contributed by atoms with Gasteiger partial charge < -0.3 is 16.0 Å². The van der Waals surface area contributed by atoms with Crippen LogP contribution in [0.25, 0.3) is 5.65 Å². The molecular weight excluding hydrogens is 361 g/mol. The number of halogens is 1. The van der Waals surface area contributed by atoms with Crippen molar-refractivity contribution >= 4 is 28.7 Å². The zero-order valence-corrected chi connectivity index (χ0v) is 15.2. The van der Waals surface area contributed by atoms with Gasteiger partial charge in [-0.05, 0) is 38.2 Å². The summed E-state index contributed by atoms with van der Waals surface area (Å²) in [6.07, 6.45) is 9.62. The van der Waals surface area contributed by atoms with Gasteiger partial charge in [0.25, 0.3) is 5.91 Å². The topological polar surface area (TPSA) is 96.2 Å². The van der Waals surface area contributed by atoms with Crippen molar-refractivity contribution in [3.05, 3.63) is 42.2 Å². The number of fused-ring (bicyclic) bond motifs is 1. The fraction of sp³-hybridized carbons (Fsp3) is 0.368. The van der Waals surface area contributed by atoms with Crippen LogP contribution in [0.4, 0.5) is 21.6 Å². The molecule has 0 atom stereocenters. The van der Waals surface area contributed by atoms with Gasteiger partial charge in [0.15, 0.2) is 17.2 Å². The molecule has 2 saturated carbocycles. The molecule has 0 spiro atoms. The maximum Gasteiger partial charge on any atom is 0.276 e. The largest absolute Gasteiger partial charge is 0.379 e. The van der Waals surface area contributed by atoms with Crippen molar-refractivity contribution < 1.29 is 9.18 Å². The minimum absolute atomic E-state index is 0.0648. The van der Waals surface area contributed by atoms with Gasteiger partial charge in [-0.2, -0.15) is 0 Å². The van der Waals surface area contributed by atoms with Crippen LogP contribution >= 0.6 is 0 Å². The van der Waals surface area contributed by atoms with Gasteiger partial charge in [-0.15, -0.1) is 5.10 Å². The Morgan fingerprint density at radius 1 is 1.11 bits per heavy atom. The van der Waals surface area contributed by atoms with Crippen LogP contribution in [0.5, 0.6) is 0 Å². The molecule has 0 unspecified atom stereocenters. The molecular formula is C19H20FN7O. The van der Waals surface area contributed by atoms with E-state index in [2.05, 4.69) is 31.0 Å². The van der Waals surface area contributed by atoms with Crippen molar-refractivity contribution in [2.45, 2.75) is 44.2 Å². The maximum atomic E-state index is 13.8. The molecule has 0 bridgehead atoms. The average molecular weight is 381 g/mol. The number of amides is 1. The number of aromatic nitrogens is 4. The standard InChI is InChI=1S/C19H20FN7O/c20-13-9-21-7-6-14(13)25-19(28)16-10-22-18-15(23-12-4-5-12)8-17(26-27(16)18)24-11-2-1-3-11/h6-12,23H,1-5H2,(H,24,26)(H,21,25,28). The summed E-state index contributed by atoms with van der Waals surface area (Å²) in [5.41, 5.74) is 1.72. The zero-order valence-electron chi connectivity index (χ0n) is 15.2. The van der Waals surface area contributed by atoms with Gasteiger partial charge in [0.05, 0.1) is 23.8 Å². The van der Waals surface area contributed by atoms with Crippen molar-refractivity contribution in [3.63, 3.8) is 0 Å².